The van der Waals surface area contributed by atoms with Crippen molar-refractivity contribution < 1.29 is 22.4 Å². The van der Waals surface area contributed by atoms with Crippen molar-refractivity contribution in [1.82, 2.24) is 10.2 Å². The molecule has 1 N–H and O–H groups in total. The van der Waals surface area contributed by atoms with Crippen LogP contribution < -0.4 is 9.62 Å². The van der Waals surface area contributed by atoms with Crippen LogP contribution in [0.5, 0.6) is 0 Å². The van der Waals surface area contributed by atoms with Crippen LogP contribution in [0.3, 0.4) is 0 Å². The minimum absolute atomic E-state index is 0.0191. The molecule has 0 aliphatic heterocycles. The number of hydrogen-bond acceptors (Lipinski definition) is 4. The minimum atomic E-state index is -4.25. The highest BCUT2D eigenvalue weighted by Crippen LogP contribution is 2.31. The number of carbonyl (C=O) groups excluding carboxylic acids is 2. The van der Waals surface area contributed by atoms with Gasteiger partial charge in [-0.05, 0) is 53.9 Å². The van der Waals surface area contributed by atoms with Crippen LogP contribution in [0, 0.1) is 5.82 Å². The predicted molar refractivity (Wildman–Crippen MR) is 167 cm³/mol. The van der Waals surface area contributed by atoms with Crippen LogP contribution in [0.1, 0.15) is 24.5 Å². The number of nitrogens with one attached hydrogen (secondary N) is 1. The summed E-state index contributed by atoms with van der Waals surface area (Å²) >= 11 is 6.47. The molecule has 4 aromatic rings. The molecule has 224 valence electrons. The third kappa shape index (κ3) is 8.21. The summed E-state index contributed by atoms with van der Waals surface area (Å²) in [4.78, 5) is 29.3. The fraction of sp³-hybridized carbons (Fsp3) is 0.212. The minimum Gasteiger partial charge on any atom is -0.354 e. The van der Waals surface area contributed by atoms with E-state index in [1.165, 1.54) is 47.4 Å². The number of para-hydroxylation sites is 1. The van der Waals surface area contributed by atoms with Crippen molar-refractivity contribution in [1.29, 1.82) is 0 Å². The van der Waals surface area contributed by atoms with Gasteiger partial charge >= 0.3 is 0 Å². The maximum Gasteiger partial charge on any atom is 0.264 e. The van der Waals surface area contributed by atoms with Gasteiger partial charge in [0.15, 0.2) is 0 Å². The van der Waals surface area contributed by atoms with Gasteiger partial charge in [0.2, 0.25) is 11.8 Å². The van der Waals surface area contributed by atoms with E-state index in [0.29, 0.717) is 18.5 Å². The quantitative estimate of drug-likeness (QED) is 0.203. The maximum absolute atomic E-state index is 14.3. The van der Waals surface area contributed by atoms with Gasteiger partial charge in [-0.1, -0.05) is 91.3 Å². The van der Waals surface area contributed by atoms with E-state index in [1.54, 1.807) is 36.4 Å². The molecule has 0 saturated carbocycles. The fourth-order valence-corrected chi connectivity index (χ4v) is 6.34. The molecule has 43 heavy (non-hydrogen) atoms. The molecule has 0 unspecified atom stereocenters. The lowest BCUT2D eigenvalue weighted by Gasteiger charge is -2.34. The molecular weight excluding hydrogens is 589 g/mol. The van der Waals surface area contributed by atoms with Gasteiger partial charge in [0.25, 0.3) is 10.0 Å². The molecule has 0 radical (unpaired) electrons. The predicted octanol–water partition coefficient (Wildman–Crippen LogP) is 5.84. The van der Waals surface area contributed by atoms with Crippen molar-refractivity contribution in [2.45, 2.75) is 37.2 Å². The molecule has 0 heterocycles. The smallest absolute Gasteiger partial charge is 0.264 e. The van der Waals surface area contributed by atoms with Crippen LogP contribution in [0.2, 0.25) is 5.02 Å². The lowest BCUT2D eigenvalue weighted by molar-refractivity contribution is -0.140. The summed E-state index contributed by atoms with van der Waals surface area (Å²) in [5.41, 5.74) is 1.51. The first-order chi connectivity index (χ1) is 20.7. The van der Waals surface area contributed by atoms with Gasteiger partial charge in [0.05, 0.1) is 15.6 Å². The molecule has 4 rings (SSSR count). The SMILES string of the molecule is CCCNC(=O)[C@H](Cc1ccccc1)N(Cc1ccc(F)cc1)C(=O)CN(c1ccccc1Cl)S(=O)(=O)c1ccccc1. The van der Waals surface area contributed by atoms with Crippen molar-refractivity contribution in [3.63, 3.8) is 0 Å². The molecule has 0 saturated heterocycles. The number of nitrogens with zero attached hydrogens (tertiary/aromatic N) is 2. The highest BCUT2D eigenvalue weighted by molar-refractivity contribution is 7.92. The van der Waals surface area contributed by atoms with Crippen LogP contribution in [0.4, 0.5) is 10.1 Å². The Labute approximate surface area is 257 Å². The Balaban J connectivity index is 1.79. The zero-order valence-corrected chi connectivity index (χ0v) is 25.3. The van der Waals surface area contributed by atoms with E-state index in [1.807, 2.05) is 37.3 Å². The number of carbonyl (C=O) groups is 2. The molecule has 0 aliphatic rings. The number of anilines is 1. The van der Waals surface area contributed by atoms with Gasteiger partial charge < -0.3 is 10.2 Å². The summed E-state index contributed by atoms with van der Waals surface area (Å²) in [6, 6.07) is 28.0. The van der Waals surface area contributed by atoms with Gasteiger partial charge in [-0.3, -0.25) is 13.9 Å². The van der Waals surface area contributed by atoms with E-state index in [0.717, 1.165) is 9.87 Å². The lowest BCUT2D eigenvalue weighted by atomic mass is 10.0. The zero-order valence-electron chi connectivity index (χ0n) is 23.7. The van der Waals surface area contributed by atoms with Gasteiger partial charge in [-0.2, -0.15) is 0 Å². The zero-order chi connectivity index (χ0) is 30.8. The van der Waals surface area contributed by atoms with Crippen LogP contribution in [0.25, 0.3) is 0 Å². The largest absolute Gasteiger partial charge is 0.354 e. The van der Waals surface area contributed by atoms with Crippen LogP contribution in [-0.2, 0) is 32.6 Å². The molecule has 0 fully saturated rings. The molecule has 2 amide bonds. The number of halogens is 2. The molecule has 10 heteroatoms. The lowest BCUT2D eigenvalue weighted by Crippen LogP contribution is -2.53. The Morgan fingerprint density at radius 1 is 0.837 bits per heavy atom. The number of sulfonamides is 1. The standard InChI is InChI=1S/C33H33ClFN3O4S/c1-2-21-36-33(40)31(22-25-11-5-3-6-12-25)37(23-26-17-19-27(35)20-18-26)32(39)24-38(30-16-10-9-15-29(30)34)43(41,42)28-13-7-4-8-14-28/h3-20,31H,2,21-24H2,1H3,(H,36,40)/t31-/m0/s1. The van der Waals surface area contributed by atoms with Crippen molar-refractivity contribution in [2.24, 2.45) is 0 Å². The monoisotopic (exact) mass is 621 g/mol. The fourth-order valence-electron chi connectivity index (χ4n) is 4.59. The molecule has 0 spiro atoms. The summed E-state index contributed by atoms with van der Waals surface area (Å²) < 4.78 is 42.6. The third-order valence-electron chi connectivity index (χ3n) is 6.82. The Morgan fingerprint density at radius 2 is 1.44 bits per heavy atom. The number of amides is 2. The normalized spacial score (nSPS) is 11.9. The first-order valence-electron chi connectivity index (χ1n) is 13.9. The van der Waals surface area contributed by atoms with E-state index in [4.69, 9.17) is 11.6 Å². The van der Waals surface area contributed by atoms with E-state index in [9.17, 15) is 22.4 Å². The summed E-state index contributed by atoms with van der Waals surface area (Å²) in [5, 5.41) is 3.03. The van der Waals surface area contributed by atoms with E-state index in [2.05, 4.69) is 5.32 Å². The van der Waals surface area contributed by atoms with Gasteiger partial charge in [0, 0.05) is 19.5 Å². The van der Waals surface area contributed by atoms with Gasteiger partial charge in [-0.25, -0.2) is 12.8 Å². The average Bonchev–Trinajstić information content (AvgIpc) is 3.02. The molecule has 0 bridgehead atoms. The second-order valence-corrected chi connectivity index (χ2v) is 12.2. The highest BCUT2D eigenvalue weighted by Gasteiger charge is 2.35. The Bertz CT molecular complexity index is 1620. The first-order valence-corrected chi connectivity index (χ1v) is 15.7. The molecule has 1 atom stereocenters. The Morgan fingerprint density at radius 3 is 2.07 bits per heavy atom. The van der Waals surface area contributed by atoms with Crippen LogP contribution in [-0.4, -0.2) is 44.3 Å². The molecule has 0 aromatic heterocycles. The van der Waals surface area contributed by atoms with Gasteiger partial charge in [0.1, 0.15) is 18.4 Å². The first kappa shape index (κ1) is 31.7. The summed E-state index contributed by atoms with van der Waals surface area (Å²) in [7, 11) is -4.25. The summed E-state index contributed by atoms with van der Waals surface area (Å²) in [6.07, 6.45) is 0.867. The third-order valence-corrected chi connectivity index (χ3v) is 8.91. The van der Waals surface area contributed by atoms with Gasteiger partial charge in [-0.15, -0.1) is 0 Å². The van der Waals surface area contributed by atoms with Crippen molar-refractivity contribution in [2.75, 3.05) is 17.4 Å². The number of benzene rings is 4. The van der Waals surface area contributed by atoms with E-state index >= 15 is 0 Å². The molecule has 0 aliphatic carbocycles. The second-order valence-electron chi connectivity index (χ2n) is 9.92. The second kappa shape index (κ2) is 14.8. The Kier molecular flexibility index (Phi) is 10.9. The van der Waals surface area contributed by atoms with E-state index < -0.39 is 34.3 Å². The average molecular weight is 622 g/mol. The summed E-state index contributed by atoms with van der Waals surface area (Å²) in [5.74, 6) is -1.45. The van der Waals surface area contributed by atoms with Crippen LogP contribution >= 0.6 is 11.6 Å². The van der Waals surface area contributed by atoms with E-state index in [-0.39, 0.29) is 34.5 Å². The maximum atomic E-state index is 14.3. The van der Waals surface area contributed by atoms with Crippen molar-refractivity contribution >= 4 is 39.1 Å². The van der Waals surface area contributed by atoms with Crippen molar-refractivity contribution in [3.05, 3.63) is 131 Å². The molecular formula is C33H33ClFN3O4S. The van der Waals surface area contributed by atoms with Crippen molar-refractivity contribution in [3.8, 4) is 0 Å². The Hall–Kier alpha value is -4.21. The number of rotatable bonds is 13. The highest BCUT2D eigenvalue weighted by atomic mass is 35.5. The number of hydrogen-bond donors (Lipinski definition) is 1. The molecule has 7 nitrogen and oxygen atoms in total. The summed E-state index contributed by atoms with van der Waals surface area (Å²) in [6.45, 7) is 1.63. The van der Waals surface area contributed by atoms with Crippen LogP contribution in [0.15, 0.2) is 114 Å². The molecule has 4 aromatic carbocycles. The topological polar surface area (TPSA) is 86.8 Å².